The minimum absolute atomic E-state index is 0.0662. The molecule has 8 nitrogen and oxygen atoms in total. The van der Waals surface area contributed by atoms with Crippen molar-refractivity contribution >= 4 is 21.9 Å². The molecule has 0 aliphatic heterocycles. The maximum Gasteiger partial charge on any atom is 0.326 e. The van der Waals surface area contributed by atoms with E-state index in [2.05, 4.69) is 10.0 Å². The van der Waals surface area contributed by atoms with Gasteiger partial charge < -0.3 is 15.2 Å². The number of carboxylic acid groups (broad SMARTS) is 1. The number of hydrogen-bond acceptors (Lipinski definition) is 5. The number of carbonyl (C=O) groups excluding carboxylic acids is 1. The van der Waals surface area contributed by atoms with E-state index < -0.39 is 27.9 Å². The van der Waals surface area contributed by atoms with Gasteiger partial charge in [0.25, 0.3) is 5.91 Å². The minimum atomic E-state index is -3.78. The highest BCUT2D eigenvalue weighted by molar-refractivity contribution is 7.89. The first-order valence-corrected chi connectivity index (χ1v) is 8.79. The van der Waals surface area contributed by atoms with Gasteiger partial charge in [-0.15, -0.1) is 0 Å². The molecule has 1 aromatic carbocycles. The Morgan fingerprint density at radius 1 is 1.29 bits per heavy atom. The lowest BCUT2D eigenvalue weighted by molar-refractivity contribution is -0.140. The fraction of sp³-hybridized carbons (Fsp3) is 0.467. The zero-order valence-electron chi connectivity index (χ0n) is 13.8. The van der Waals surface area contributed by atoms with Crippen LogP contribution < -0.4 is 10.0 Å². The molecule has 0 fully saturated rings. The van der Waals surface area contributed by atoms with Gasteiger partial charge in [-0.1, -0.05) is 19.9 Å². The van der Waals surface area contributed by atoms with E-state index in [4.69, 9.17) is 9.84 Å². The van der Waals surface area contributed by atoms with E-state index in [1.807, 2.05) is 0 Å². The van der Waals surface area contributed by atoms with Crippen LogP contribution in [0.1, 0.15) is 24.2 Å². The van der Waals surface area contributed by atoms with Gasteiger partial charge in [-0.25, -0.2) is 17.9 Å². The Bertz CT molecular complexity index is 687. The van der Waals surface area contributed by atoms with Gasteiger partial charge in [0.1, 0.15) is 6.04 Å². The summed E-state index contributed by atoms with van der Waals surface area (Å²) < 4.78 is 31.4. The zero-order chi connectivity index (χ0) is 18.3. The number of ether oxygens (including phenoxy) is 1. The van der Waals surface area contributed by atoms with Crippen molar-refractivity contribution in [3.63, 3.8) is 0 Å². The van der Waals surface area contributed by atoms with Crippen LogP contribution in [-0.4, -0.2) is 51.7 Å². The molecular weight excluding hydrogens is 336 g/mol. The van der Waals surface area contributed by atoms with Crippen molar-refractivity contribution in [2.75, 3.05) is 20.3 Å². The van der Waals surface area contributed by atoms with Crippen molar-refractivity contribution in [3.05, 3.63) is 29.8 Å². The van der Waals surface area contributed by atoms with E-state index in [9.17, 15) is 18.0 Å². The van der Waals surface area contributed by atoms with Gasteiger partial charge >= 0.3 is 5.97 Å². The normalized spacial score (nSPS) is 12.8. The van der Waals surface area contributed by atoms with E-state index in [0.29, 0.717) is 0 Å². The van der Waals surface area contributed by atoms with Crippen LogP contribution in [0.4, 0.5) is 0 Å². The Balaban J connectivity index is 2.95. The number of sulfonamides is 1. The molecular formula is C15H22N2O6S. The fourth-order valence-corrected chi connectivity index (χ4v) is 2.96. The molecule has 0 bridgehead atoms. The van der Waals surface area contributed by atoms with E-state index in [1.54, 1.807) is 13.8 Å². The predicted molar refractivity (Wildman–Crippen MR) is 87.2 cm³/mol. The first-order valence-electron chi connectivity index (χ1n) is 7.31. The van der Waals surface area contributed by atoms with Crippen LogP contribution in [0.15, 0.2) is 29.2 Å². The molecule has 0 heterocycles. The maximum absolute atomic E-state index is 12.2. The molecule has 24 heavy (non-hydrogen) atoms. The average Bonchev–Trinajstić information content (AvgIpc) is 2.52. The summed E-state index contributed by atoms with van der Waals surface area (Å²) in [5.41, 5.74) is 0.0662. The Morgan fingerprint density at radius 3 is 2.50 bits per heavy atom. The molecule has 0 aromatic heterocycles. The molecule has 0 saturated heterocycles. The summed E-state index contributed by atoms with van der Waals surface area (Å²) in [6, 6.07) is 4.33. The van der Waals surface area contributed by atoms with E-state index >= 15 is 0 Å². The number of hydrogen-bond donors (Lipinski definition) is 3. The quantitative estimate of drug-likeness (QED) is 0.551. The lowest BCUT2D eigenvalue weighted by Crippen LogP contribution is -2.44. The molecule has 9 heteroatoms. The summed E-state index contributed by atoms with van der Waals surface area (Å²) in [5.74, 6) is -2.11. The third-order valence-electron chi connectivity index (χ3n) is 3.22. The highest BCUT2D eigenvalue weighted by atomic mass is 32.2. The summed E-state index contributed by atoms with van der Waals surface area (Å²) >= 11 is 0. The van der Waals surface area contributed by atoms with Gasteiger partial charge in [-0.05, 0) is 24.1 Å². The molecule has 0 unspecified atom stereocenters. The second-order valence-electron chi connectivity index (χ2n) is 5.45. The van der Waals surface area contributed by atoms with Crippen molar-refractivity contribution < 1.29 is 27.9 Å². The van der Waals surface area contributed by atoms with Crippen LogP contribution in [0.25, 0.3) is 0 Å². The SMILES string of the molecule is COCCNS(=O)(=O)c1cccc(C(=O)N[C@@H](C(=O)O)C(C)C)c1. The Kier molecular flexibility index (Phi) is 7.33. The molecule has 0 spiro atoms. The average molecular weight is 358 g/mol. The van der Waals surface area contributed by atoms with E-state index in [0.717, 1.165) is 0 Å². The highest BCUT2D eigenvalue weighted by Crippen LogP contribution is 2.12. The van der Waals surface area contributed by atoms with Crippen LogP contribution in [0.5, 0.6) is 0 Å². The van der Waals surface area contributed by atoms with Crippen LogP contribution >= 0.6 is 0 Å². The third-order valence-corrected chi connectivity index (χ3v) is 4.68. The standard InChI is InChI=1S/C15H22N2O6S/c1-10(2)13(15(19)20)17-14(18)11-5-4-6-12(9-11)24(21,22)16-7-8-23-3/h4-6,9-10,13,16H,7-8H2,1-3H3,(H,17,18)(H,19,20)/t13-/m1/s1. The summed E-state index contributed by atoms with van der Waals surface area (Å²) in [7, 11) is -2.32. The first-order chi connectivity index (χ1) is 11.2. The van der Waals surface area contributed by atoms with Crippen LogP contribution in [0.3, 0.4) is 0 Å². The number of nitrogens with one attached hydrogen (secondary N) is 2. The summed E-state index contributed by atoms with van der Waals surface area (Å²) in [4.78, 5) is 23.3. The number of carboxylic acids is 1. The van der Waals surface area contributed by atoms with Crippen LogP contribution in [0, 0.1) is 5.92 Å². The number of benzene rings is 1. The van der Waals surface area contributed by atoms with Gasteiger partial charge in [-0.2, -0.15) is 0 Å². The lowest BCUT2D eigenvalue weighted by Gasteiger charge is -2.18. The fourth-order valence-electron chi connectivity index (χ4n) is 1.90. The van der Waals surface area contributed by atoms with Crippen molar-refractivity contribution in [2.24, 2.45) is 5.92 Å². The molecule has 1 atom stereocenters. The molecule has 134 valence electrons. The van der Waals surface area contributed by atoms with Gasteiger partial charge in [0.15, 0.2) is 0 Å². The van der Waals surface area contributed by atoms with E-state index in [-0.39, 0.29) is 29.5 Å². The van der Waals surface area contributed by atoms with Gasteiger partial charge in [-0.3, -0.25) is 4.79 Å². The van der Waals surface area contributed by atoms with Gasteiger partial charge in [0, 0.05) is 19.2 Å². The summed E-state index contributed by atoms with van der Waals surface area (Å²) in [6.45, 7) is 3.65. The molecule has 0 aliphatic carbocycles. The lowest BCUT2D eigenvalue weighted by atomic mass is 10.0. The van der Waals surface area contributed by atoms with Crippen molar-refractivity contribution in [1.82, 2.24) is 10.0 Å². The third kappa shape index (κ3) is 5.59. The van der Waals surface area contributed by atoms with Crippen LogP contribution in [0.2, 0.25) is 0 Å². The monoisotopic (exact) mass is 358 g/mol. The Hall–Kier alpha value is -1.97. The molecule has 1 rings (SSSR count). The Morgan fingerprint density at radius 2 is 1.96 bits per heavy atom. The number of carbonyl (C=O) groups is 2. The minimum Gasteiger partial charge on any atom is -0.480 e. The number of rotatable bonds is 9. The molecule has 0 aliphatic rings. The predicted octanol–water partition coefficient (Wildman–Crippen LogP) is 0.450. The van der Waals surface area contributed by atoms with Crippen molar-refractivity contribution in [3.8, 4) is 0 Å². The summed E-state index contributed by atoms with van der Waals surface area (Å²) in [6.07, 6.45) is 0. The number of methoxy groups -OCH3 is 1. The largest absolute Gasteiger partial charge is 0.480 e. The Labute approximate surface area is 141 Å². The van der Waals surface area contributed by atoms with E-state index in [1.165, 1.54) is 31.4 Å². The van der Waals surface area contributed by atoms with Crippen molar-refractivity contribution in [2.45, 2.75) is 24.8 Å². The first kappa shape index (κ1) is 20.1. The zero-order valence-corrected chi connectivity index (χ0v) is 14.6. The topological polar surface area (TPSA) is 122 Å². The molecule has 1 amide bonds. The van der Waals surface area contributed by atoms with Crippen LogP contribution in [-0.2, 0) is 19.6 Å². The maximum atomic E-state index is 12.2. The second kappa shape index (κ2) is 8.76. The summed E-state index contributed by atoms with van der Waals surface area (Å²) in [5, 5.41) is 11.5. The van der Waals surface area contributed by atoms with Gasteiger partial charge in [0.05, 0.1) is 11.5 Å². The highest BCUT2D eigenvalue weighted by Gasteiger charge is 2.24. The molecule has 3 N–H and O–H groups in total. The number of aliphatic carboxylic acids is 1. The molecule has 0 saturated carbocycles. The van der Waals surface area contributed by atoms with Crippen molar-refractivity contribution in [1.29, 1.82) is 0 Å². The second-order valence-corrected chi connectivity index (χ2v) is 7.22. The number of amides is 1. The molecule has 0 radical (unpaired) electrons. The van der Waals surface area contributed by atoms with Gasteiger partial charge in [0.2, 0.25) is 10.0 Å². The molecule has 1 aromatic rings. The smallest absolute Gasteiger partial charge is 0.326 e.